The maximum atomic E-state index is 5.91. The normalized spacial score (nSPS) is 11.2. The van der Waals surface area contributed by atoms with Crippen molar-refractivity contribution in [2.75, 3.05) is 26.7 Å². The highest BCUT2D eigenvalue weighted by atomic mass is 127. The molecule has 1 heterocycles. The fourth-order valence-corrected chi connectivity index (χ4v) is 2.52. The maximum Gasteiger partial charge on any atom is 0.191 e. The molecule has 0 aliphatic heterocycles. The second kappa shape index (κ2) is 12.6. The van der Waals surface area contributed by atoms with Crippen LogP contribution in [0.4, 0.5) is 0 Å². The van der Waals surface area contributed by atoms with Crippen molar-refractivity contribution in [3.05, 3.63) is 48.3 Å². The summed E-state index contributed by atoms with van der Waals surface area (Å²) in [5.74, 6) is 2.20. The van der Waals surface area contributed by atoms with Crippen LogP contribution in [0.1, 0.15) is 31.7 Å². The molecule has 2 aromatic rings. The molecule has 144 valence electrons. The molecule has 2 N–H and O–H groups in total. The second-order valence-corrected chi connectivity index (χ2v) is 6.09. The number of halogens is 1. The lowest BCUT2D eigenvalue weighted by atomic mass is 10.0. The van der Waals surface area contributed by atoms with Crippen molar-refractivity contribution in [1.29, 1.82) is 0 Å². The van der Waals surface area contributed by atoms with Gasteiger partial charge in [-0.3, -0.25) is 9.67 Å². The van der Waals surface area contributed by atoms with Crippen molar-refractivity contribution < 1.29 is 4.74 Å². The number of hydrogen-bond donors (Lipinski definition) is 2. The van der Waals surface area contributed by atoms with E-state index in [4.69, 9.17) is 4.74 Å². The molecule has 26 heavy (non-hydrogen) atoms. The first-order chi connectivity index (χ1) is 12.2. The quantitative estimate of drug-likeness (QED) is 0.255. The topological polar surface area (TPSA) is 63.5 Å². The Morgan fingerprint density at radius 3 is 2.65 bits per heavy atom. The molecule has 0 amide bonds. The highest BCUT2D eigenvalue weighted by molar-refractivity contribution is 14.0. The molecule has 2 rings (SSSR count). The zero-order valence-corrected chi connectivity index (χ0v) is 18.1. The molecule has 0 spiro atoms. The number of rotatable bonds is 9. The molecule has 0 aliphatic rings. The minimum absolute atomic E-state index is 0. The van der Waals surface area contributed by atoms with E-state index in [-0.39, 0.29) is 24.0 Å². The van der Waals surface area contributed by atoms with E-state index < -0.39 is 0 Å². The number of hydrogen-bond acceptors (Lipinski definition) is 3. The first-order valence-electron chi connectivity index (χ1n) is 8.84. The zero-order chi connectivity index (χ0) is 17.9. The first-order valence-corrected chi connectivity index (χ1v) is 8.84. The number of benzene rings is 1. The van der Waals surface area contributed by atoms with Crippen molar-refractivity contribution in [2.24, 2.45) is 4.99 Å². The third-order valence-electron chi connectivity index (χ3n) is 3.83. The number of aliphatic imine (C=N–C) groups is 1. The molecule has 0 radical (unpaired) electrons. The Hall–Kier alpha value is -1.77. The van der Waals surface area contributed by atoms with Gasteiger partial charge in [-0.05, 0) is 30.0 Å². The fourth-order valence-electron chi connectivity index (χ4n) is 2.52. The van der Waals surface area contributed by atoms with Gasteiger partial charge in [0.1, 0.15) is 12.4 Å². The molecular weight excluding hydrogens is 441 g/mol. The molecule has 0 aliphatic carbocycles. The van der Waals surface area contributed by atoms with Crippen molar-refractivity contribution in [3.8, 4) is 5.75 Å². The molecule has 7 heteroatoms. The summed E-state index contributed by atoms with van der Waals surface area (Å²) in [4.78, 5) is 4.23. The Morgan fingerprint density at radius 2 is 1.96 bits per heavy atom. The van der Waals surface area contributed by atoms with Crippen molar-refractivity contribution in [3.63, 3.8) is 0 Å². The van der Waals surface area contributed by atoms with Gasteiger partial charge < -0.3 is 15.4 Å². The predicted molar refractivity (Wildman–Crippen MR) is 118 cm³/mol. The number of nitrogens with zero attached hydrogens (tertiary/aromatic N) is 3. The van der Waals surface area contributed by atoms with Gasteiger partial charge in [0.2, 0.25) is 0 Å². The summed E-state index contributed by atoms with van der Waals surface area (Å²) in [6, 6.07) is 10.1. The van der Waals surface area contributed by atoms with Crippen LogP contribution in [0.25, 0.3) is 0 Å². The van der Waals surface area contributed by atoms with Gasteiger partial charge in [0.25, 0.3) is 0 Å². The molecule has 6 nitrogen and oxygen atoms in total. The summed E-state index contributed by atoms with van der Waals surface area (Å²) in [6.45, 7) is 7.39. The maximum absolute atomic E-state index is 5.91. The van der Waals surface area contributed by atoms with Gasteiger partial charge in [-0.2, -0.15) is 5.10 Å². The van der Waals surface area contributed by atoms with E-state index in [0.717, 1.165) is 31.2 Å². The molecule has 0 saturated carbocycles. The Morgan fingerprint density at radius 1 is 1.19 bits per heavy atom. The van der Waals surface area contributed by atoms with Crippen molar-refractivity contribution in [2.45, 2.75) is 32.7 Å². The Balaban J connectivity index is 0.00000338. The lowest BCUT2D eigenvalue weighted by Gasteiger charge is -2.15. The number of aryl methyl sites for hydroxylation is 1. The molecule has 0 fully saturated rings. The summed E-state index contributed by atoms with van der Waals surface area (Å²) >= 11 is 0. The average molecular weight is 471 g/mol. The van der Waals surface area contributed by atoms with E-state index in [2.05, 4.69) is 46.7 Å². The second-order valence-electron chi connectivity index (χ2n) is 6.09. The number of nitrogens with one attached hydrogen (secondary N) is 2. The van der Waals surface area contributed by atoms with Gasteiger partial charge in [-0.15, -0.1) is 24.0 Å². The van der Waals surface area contributed by atoms with Gasteiger partial charge in [-0.1, -0.05) is 32.0 Å². The van der Waals surface area contributed by atoms with Crippen molar-refractivity contribution in [1.82, 2.24) is 20.4 Å². The molecule has 0 saturated heterocycles. The summed E-state index contributed by atoms with van der Waals surface area (Å²) in [7, 11) is 1.78. The first kappa shape index (κ1) is 22.3. The van der Waals surface area contributed by atoms with Crippen LogP contribution in [0.3, 0.4) is 0 Å². The van der Waals surface area contributed by atoms with Crippen LogP contribution < -0.4 is 15.4 Å². The Bertz CT molecular complexity index is 643. The minimum atomic E-state index is 0. The molecule has 0 atom stereocenters. The summed E-state index contributed by atoms with van der Waals surface area (Å²) in [5, 5.41) is 10.8. The van der Waals surface area contributed by atoms with E-state index in [1.165, 1.54) is 5.56 Å². The molecule has 0 unspecified atom stereocenters. The Kier molecular flexibility index (Phi) is 10.8. The summed E-state index contributed by atoms with van der Waals surface area (Å²) in [6.07, 6.45) is 4.76. The lowest BCUT2D eigenvalue weighted by Crippen LogP contribution is -2.39. The SMILES string of the molecule is CN=C(NCCCn1cccn1)NCCOc1ccccc1C(C)C.I. The van der Waals surface area contributed by atoms with E-state index in [1.54, 1.807) is 13.2 Å². The zero-order valence-electron chi connectivity index (χ0n) is 15.8. The monoisotopic (exact) mass is 471 g/mol. The molecule has 1 aromatic carbocycles. The minimum Gasteiger partial charge on any atom is -0.491 e. The number of ether oxygens (including phenoxy) is 1. The van der Waals surface area contributed by atoms with E-state index in [1.807, 2.05) is 29.1 Å². The highest BCUT2D eigenvalue weighted by Gasteiger charge is 2.06. The van der Waals surface area contributed by atoms with Gasteiger partial charge >= 0.3 is 0 Å². The van der Waals surface area contributed by atoms with E-state index >= 15 is 0 Å². The Labute approximate surface area is 173 Å². The number of aromatic nitrogens is 2. The molecule has 0 bridgehead atoms. The average Bonchev–Trinajstić information content (AvgIpc) is 3.14. The molecular formula is C19H30IN5O. The molecule has 1 aromatic heterocycles. The van der Waals surface area contributed by atoms with Crippen LogP contribution in [0.15, 0.2) is 47.7 Å². The number of para-hydroxylation sites is 1. The highest BCUT2D eigenvalue weighted by Crippen LogP contribution is 2.25. The summed E-state index contributed by atoms with van der Waals surface area (Å²) < 4.78 is 7.84. The third-order valence-corrected chi connectivity index (χ3v) is 3.83. The van der Waals surface area contributed by atoms with Crippen LogP contribution in [0, 0.1) is 0 Å². The smallest absolute Gasteiger partial charge is 0.191 e. The lowest BCUT2D eigenvalue weighted by molar-refractivity contribution is 0.317. The van der Waals surface area contributed by atoms with Gasteiger partial charge in [0, 0.05) is 32.5 Å². The van der Waals surface area contributed by atoms with Crippen LogP contribution in [-0.4, -0.2) is 42.5 Å². The standard InChI is InChI=1S/C19H29N5O.HI/c1-16(2)17-8-4-5-9-18(17)25-15-12-22-19(20-3)21-10-6-13-24-14-7-11-23-24;/h4-5,7-9,11,14,16H,6,10,12-13,15H2,1-3H3,(H2,20,21,22);1H. The van der Waals surface area contributed by atoms with Crippen molar-refractivity contribution >= 4 is 29.9 Å². The predicted octanol–water partition coefficient (Wildman–Crippen LogP) is 3.26. The number of guanidine groups is 1. The van der Waals surface area contributed by atoms with Gasteiger partial charge in [-0.25, -0.2) is 0 Å². The van der Waals surface area contributed by atoms with E-state index in [9.17, 15) is 0 Å². The third kappa shape index (κ3) is 7.63. The van der Waals surface area contributed by atoms with Crippen LogP contribution >= 0.6 is 24.0 Å². The van der Waals surface area contributed by atoms with E-state index in [0.29, 0.717) is 19.1 Å². The van der Waals surface area contributed by atoms with Crippen LogP contribution in [0.5, 0.6) is 5.75 Å². The van der Waals surface area contributed by atoms with Gasteiger partial charge in [0.05, 0.1) is 6.54 Å². The van der Waals surface area contributed by atoms with Gasteiger partial charge in [0.15, 0.2) is 5.96 Å². The fraction of sp³-hybridized carbons (Fsp3) is 0.474. The largest absolute Gasteiger partial charge is 0.491 e. The summed E-state index contributed by atoms with van der Waals surface area (Å²) in [5.41, 5.74) is 1.24. The van der Waals surface area contributed by atoms with Crippen LogP contribution in [0.2, 0.25) is 0 Å². The van der Waals surface area contributed by atoms with Crippen LogP contribution in [-0.2, 0) is 6.54 Å².